The monoisotopic (exact) mass is 423 g/mol. The number of carbonyl (C=O) groups is 1. The Kier molecular flexibility index (Phi) is 4.54. The molecule has 1 atom stereocenters. The van der Waals surface area contributed by atoms with Gasteiger partial charge in [0.1, 0.15) is 5.75 Å². The van der Waals surface area contributed by atoms with Crippen molar-refractivity contribution in [1.29, 1.82) is 0 Å². The molecule has 1 saturated carbocycles. The summed E-state index contributed by atoms with van der Waals surface area (Å²) in [5.74, 6) is 1.00. The van der Waals surface area contributed by atoms with Gasteiger partial charge in [-0.25, -0.2) is 0 Å². The molecule has 0 bridgehead atoms. The number of para-hydroxylation sites is 1. The average molecular weight is 425 g/mol. The largest absolute Gasteiger partial charge is 0.484 e. The normalized spacial score (nSPS) is 18.5. The van der Waals surface area contributed by atoms with E-state index in [1.54, 1.807) is 0 Å². The second-order valence-electron chi connectivity index (χ2n) is 5.29. The lowest BCUT2D eigenvalue weighted by Gasteiger charge is -2.08. The summed E-state index contributed by atoms with van der Waals surface area (Å²) >= 11 is 7.24. The summed E-state index contributed by atoms with van der Waals surface area (Å²) in [5, 5.41) is 2.83. The van der Waals surface area contributed by atoms with E-state index >= 15 is 0 Å². The highest BCUT2D eigenvalue weighted by Crippen LogP contribution is 2.62. The van der Waals surface area contributed by atoms with Crippen LogP contribution in [0.1, 0.15) is 17.9 Å². The molecular weight excluding hydrogens is 410 g/mol. The molecule has 5 heteroatoms. The van der Waals surface area contributed by atoms with Crippen molar-refractivity contribution in [3.8, 4) is 5.75 Å². The molecule has 0 aliphatic heterocycles. The van der Waals surface area contributed by atoms with Gasteiger partial charge in [0, 0.05) is 11.6 Å². The van der Waals surface area contributed by atoms with Crippen molar-refractivity contribution >= 4 is 43.5 Å². The average Bonchev–Trinajstić information content (AvgIpc) is 3.16. The summed E-state index contributed by atoms with van der Waals surface area (Å²) in [5.41, 5.74) is 2.04. The third kappa shape index (κ3) is 3.90. The van der Waals surface area contributed by atoms with Crippen molar-refractivity contribution in [2.45, 2.75) is 15.6 Å². The van der Waals surface area contributed by atoms with E-state index in [0.29, 0.717) is 11.7 Å². The van der Waals surface area contributed by atoms with Gasteiger partial charge in [-0.05, 0) is 36.2 Å². The maximum Gasteiger partial charge on any atom is 0.262 e. The highest BCUT2D eigenvalue weighted by Gasteiger charge is 2.50. The summed E-state index contributed by atoms with van der Waals surface area (Å²) in [6.45, 7) is 0.000298. The molecule has 1 amide bonds. The molecule has 0 radical (unpaired) electrons. The fourth-order valence-corrected chi connectivity index (χ4v) is 3.41. The number of amides is 1. The Balaban J connectivity index is 1.51. The maximum atomic E-state index is 11.9. The van der Waals surface area contributed by atoms with E-state index in [0.717, 1.165) is 12.1 Å². The van der Waals surface area contributed by atoms with Crippen LogP contribution in [0.4, 0.5) is 5.69 Å². The molecule has 2 aromatic carbocycles. The van der Waals surface area contributed by atoms with Crippen LogP contribution in [0.3, 0.4) is 0 Å². The van der Waals surface area contributed by atoms with Gasteiger partial charge in [0.2, 0.25) is 0 Å². The van der Waals surface area contributed by atoms with Gasteiger partial charge in [-0.2, -0.15) is 0 Å². The smallest absolute Gasteiger partial charge is 0.262 e. The molecule has 3 nitrogen and oxygen atoms in total. The lowest BCUT2D eigenvalue weighted by Crippen LogP contribution is -2.20. The number of hydrogen-bond donors (Lipinski definition) is 1. The van der Waals surface area contributed by atoms with Crippen LogP contribution >= 0.6 is 31.9 Å². The molecule has 22 heavy (non-hydrogen) atoms. The predicted molar refractivity (Wildman–Crippen MR) is 95.0 cm³/mol. The Morgan fingerprint density at radius 1 is 1.14 bits per heavy atom. The molecule has 2 aromatic rings. The van der Waals surface area contributed by atoms with Crippen molar-refractivity contribution < 1.29 is 9.53 Å². The first kappa shape index (κ1) is 15.6. The van der Waals surface area contributed by atoms with Gasteiger partial charge in [0.25, 0.3) is 5.91 Å². The molecule has 0 spiro atoms. The number of hydrogen-bond acceptors (Lipinski definition) is 2. The second-order valence-corrected chi connectivity index (χ2v) is 9.18. The van der Waals surface area contributed by atoms with Crippen LogP contribution in [0.2, 0.25) is 0 Å². The maximum absolute atomic E-state index is 11.9. The number of carbonyl (C=O) groups excluding carboxylic acids is 1. The first-order chi connectivity index (χ1) is 10.5. The predicted octanol–water partition coefficient (Wildman–Crippen LogP) is 4.68. The molecule has 1 aliphatic carbocycles. The fourth-order valence-electron chi connectivity index (χ4n) is 2.24. The molecule has 1 unspecified atom stereocenters. The topological polar surface area (TPSA) is 38.3 Å². The fraction of sp³-hybridized carbons (Fsp3) is 0.235. The lowest BCUT2D eigenvalue weighted by molar-refractivity contribution is -0.118. The number of anilines is 1. The molecule has 3 rings (SSSR count). The minimum absolute atomic E-state index is 0.000298. The van der Waals surface area contributed by atoms with Crippen LogP contribution in [0.5, 0.6) is 5.75 Å². The Labute approximate surface area is 146 Å². The SMILES string of the molecule is O=C(COc1ccccc1)Nc1ccc(C2CC2(Br)Br)cc1. The van der Waals surface area contributed by atoms with Crippen LogP contribution in [-0.2, 0) is 4.79 Å². The zero-order valence-corrected chi connectivity index (χ0v) is 14.9. The molecule has 0 saturated heterocycles. The van der Waals surface area contributed by atoms with Crippen molar-refractivity contribution in [3.05, 3.63) is 60.2 Å². The summed E-state index contributed by atoms with van der Waals surface area (Å²) in [4.78, 5) is 11.9. The zero-order valence-electron chi connectivity index (χ0n) is 11.8. The second kappa shape index (κ2) is 6.42. The molecule has 1 aliphatic rings. The first-order valence-electron chi connectivity index (χ1n) is 7.00. The van der Waals surface area contributed by atoms with E-state index in [-0.39, 0.29) is 15.7 Å². The molecule has 0 aromatic heterocycles. The van der Waals surface area contributed by atoms with Gasteiger partial charge in [0.05, 0.1) is 3.23 Å². The lowest BCUT2D eigenvalue weighted by atomic mass is 10.1. The number of alkyl halides is 2. The van der Waals surface area contributed by atoms with Crippen molar-refractivity contribution in [2.24, 2.45) is 0 Å². The minimum Gasteiger partial charge on any atom is -0.484 e. The van der Waals surface area contributed by atoms with E-state index in [1.165, 1.54) is 5.56 Å². The number of nitrogens with one attached hydrogen (secondary N) is 1. The van der Waals surface area contributed by atoms with E-state index in [2.05, 4.69) is 37.2 Å². The van der Waals surface area contributed by atoms with Crippen molar-refractivity contribution in [1.82, 2.24) is 0 Å². The summed E-state index contributed by atoms with van der Waals surface area (Å²) < 4.78 is 5.46. The molecule has 1 N–H and O–H groups in total. The Morgan fingerprint density at radius 3 is 2.36 bits per heavy atom. The van der Waals surface area contributed by atoms with E-state index < -0.39 is 0 Å². The summed E-state index contributed by atoms with van der Waals surface area (Å²) in [6, 6.07) is 17.2. The molecule has 1 fully saturated rings. The van der Waals surface area contributed by atoms with E-state index in [4.69, 9.17) is 4.74 Å². The molecule has 0 heterocycles. The van der Waals surface area contributed by atoms with E-state index in [1.807, 2.05) is 54.6 Å². The first-order valence-corrected chi connectivity index (χ1v) is 8.59. The van der Waals surface area contributed by atoms with Crippen LogP contribution in [0, 0.1) is 0 Å². The van der Waals surface area contributed by atoms with Crippen molar-refractivity contribution in [2.75, 3.05) is 11.9 Å². The Hall–Kier alpha value is -1.33. The highest BCUT2D eigenvalue weighted by atomic mass is 79.9. The Morgan fingerprint density at radius 2 is 1.77 bits per heavy atom. The van der Waals surface area contributed by atoms with E-state index in [9.17, 15) is 4.79 Å². The van der Waals surface area contributed by atoms with Gasteiger partial charge in [0.15, 0.2) is 6.61 Å². The third-order valence-electron chi connectivity index (χ3n) is 3.54. The van der Waals surface area contributed by atoms with Gasteiger partial charge >= 0.3 is 0 Å². The minimum atomic E-state index is -0.168. The van der Waals surface area contributed by atoms with Gasteiger partial charge < -0.3 is 10.1 Å². The zero-order chi connectivity index (χ0) is 15.6. The number of halogens is 2. The summed E-state index contributed by atoms with van der Waals surface area (Å²) in [6.07, 6.45) is 1.07. The summed E-state index contributed by atoms with van der Waals surface area (Å²) in [7, 11) is 0. The van der Waals surface area contributed by atoms with Gasteiger partial charge in [-0.3, -0.25) is 4.79 Å². The highest BCUT2D eigenvalue weighted by molar-refractivity contribution is 9.25. The van der Waals surface area contributed by atoms with Crippen LogP contribution in [-0.4, -0.2) is 15.7 Å². The molecular formula is C17H15Br2NO2. The number of rotatable bonds is 5. The van der Waals surface area contributed by atoms with Crippen LogP contribution in [0.25, 0.3) is 0 Å². The standard InChI is InChI=1S/C17H15Br2NO2/c18-17(19)10-15(17)12-6-8-13(9-7-12)20-16(21)11-22-14-4-2-1-3-5-14/h1-9,15H,10-11H2,(H,20,21). The van der Waals surface area contributed by atoms with Crippen LogP contribution in [0.15, 0.2) is 54.6 Å². The number of benzene rings is 2. The van der Waals surface area contributed by atoms with Gasteiger partial charge in [-0.15, -0.1) is 0 Å². The van der Waals surface area contributed by atoms with Crippen molar-refractivity contribution in [3.63, 3.8) is 0 Å². The quantitative estimate of drug-likeness (QED) is 0.707. The molecule has 114 valence electrons. The third-order valence-corrected chi connectivity index (χ3v) is 5.29. The van der Waals surface area contributed by atoms with Crippen LogP contribution < -0.4 is 10.1 Å². The Bertz CT molecular complexity index is 656. The number of ether oxygens (including phenoxy) is 1. The van der Waals surface area contributed by atoms with Gasteiger partial charge in [-0.1, -0.05) is 62.2 Å².